The van der Waals surface area contributed by atoms with E-state index in [1.54, 1.807) is 0 Å². The summed E-state index contributed by atoms with van der Waals surface area (Å²) in [5.41, 5.74) is 1.26. The summed E-state index contributed by atoms with van der Waals surface area (Å²) in [5, 5.41) is 0. The normalized spacial score (nSPS) is 12.4. The Kier molecular flexibility index (Phi) is 4.92. The number of nitrogens with zero attached hydrogens (tertiary/aromatic N) is 1. The van der Waals surface area contributed by atoms with E-state index >= 15 is 0 Å². The molecule has 0 aliphatic carbocycles. The molecule has 0 N–H and O–H groups in total. The topological polar surface area (TPSA) is 3.24 Å². The van der Waals surface area contributed by atoms with Gasteiger partial charge in [0.05, 0.1) is 0 Å². The summed E-state index contributed by atoms with van der Waals surface area (Å²) in [7, 11) is 4.11. The van der Waals surface area contributed by atoms with Crippen molar-refractivity contribution in [2.75, 3.05) is 14.1 Å². The third kappa shape index (κ3) is 4.82. The third-order valence-corrected chi connectivity index (χ3v) is 1.46. The fourth-order valence-corrected chi connectivity index (χ4v) is 0.795. The van der Waals surface area contributed by atoms with E-state index in [0.29, 0.717) is 5.82 Å². The minimum absolute atomic E-state index is 0.630. The Balaban J connectivity index is 4.10. The molecule has 2 heteroatoms. The molecular formula is C9H18BN. The summed E-state index contributed by atoms with van der Waals surface area (Å²) >= 11 is 0. The fraction of sp³-hybridized carbons (Fsp3) is 0.667. The van der Waals surface area contributed by atoms with Gasteiger partial charge in [-0.05, 0) is 0 Å². The molecule has 0 fully saturated rings. The average molecular weight is 151 g/mol. The van der Waals surface area contributed by atoms with Crippen LogP contribution in [0.4, 0.5) is 0 Å². The molecule has 0 aromatic rings. The predicted octanol–water partition coefficient (Wildman–Crippen LogP) is 1.79. The van der Waals surface area contributed by atoms with E-state index in [9.17, 15) is 0 Å². The van der Waals surface area contributed by atoms with Crippen molar-refractivity contribution in [2.45, 2.75) is 26.6 Å². The van der Waals surface area contributed by atoms with Crippen LogP contribution in [0.5, 0.6) is 0 Å². The minimum atomic E-state index is 0.630. The quantitative estimate of drug-likeness (QED) is 0.555. The number of rotatable bonds is 3. The molecule has 0 saturated carbocycles. The van der Waals surface area contributed by atoms with Gasteiger partial charge in [0.25, 0.3) is 0 Å². The van der Waals surface area contributed by atoms with Gasteiger partial charge in [-0.1, -0.05) is 0 Å². The van der Waals surface area contributed by atoms with Crippen LogP contribution in [0.15, 0.2) is 11.8 Å². The monoisotopic (exact) mass is 151 g/mol. The summed E-state index contributed by atoms with van der Waals surface area (Å²) in [6.45, 7) is 8.62. The molecule has 0 radical (unpaired) electrons. The Morgan fingerprint density at radius 1 is 1.36 bits per heavy atom. The second-order valence-corrected chi connectivity index (χ2v) is 3.21. The summed E-state index contributed by atoms with van der Waals surface area (Å²) in [4.78, 5) is 2.11. The second kappa shape index (κ2) is 5.17. The van der Waals surface area contributed by atoms with Crippen LogP contribution in [0.25, 0.3) is 0 Å². The molecule has 0 heterocycles. The van der Waals surface area contributed by atoms with Gasteiger partial charge in [0.2, 0.25) is 0 Å². The first-order valence-electron chi connectivity index (χ1n) is 4.09. The second-order valence-electron chi connectivity index (χ2n) is 3.21. The van der Waals surface area contributed by atoms with Crippen molar-refractivity contribution in [3.8, 4) is 0 Å². The summed E-state index contributed by atoms with van der Waals surface area (Å²) in [5.74, 6) is 2.79. The van der Waals surface area contributed by atoms with Gasteiger partial charge in [0.15, 0.2) is 0 Å². The molecule has 0 aromatic carbocycles. The number of hydrogen-bond acceptors (Lipinski definition) is 1. The summed E-state index contributed by atoms with van der Waals surface area (Å²) in [6, 6.07) is 0. The summed E-state index contributed by atoms with van der Waals surface area (Å²) in [6.07, 6.45) is 2.11. The molecule has 0 unspecified atom stereocenters. The molecule has 62 valence electrons. The Labute approximate surface area is 71.0 Å². The first kappa shape index (κ1) is 10.5. The molecule has 1 nitrogen and oxygen atoms in total. The Hall–Kier alpha value is -0.525. The van der Waals surface area contributed by atoms with Crippen LogP contribution in [0, 0.1) is 0 Å². The van der Waals surface area contributed by atoms with Gasteiger partial charge in [-0.25, -0.2) is 0 Å². The van der Waals surface area contributed by atoms with Crippen LogP contribution in [0.3, 0.4) is 0 Å². The average Bonchev–Trinajstić information content (AvgIpc) is 1.87. The number of allylic oxidation sites excluding steroid dienone is 2. The first-order chi connectivity index (χ1) is 5.07. The third-order valence-electron chi connectivity index (χ3n) is 1.46. The van der Waals surface area contributed by atoms with Crippen LogP contribution in [-0.2, 0) is 0 Å². The Bertz CT molecular complexity index is 157. The first-order valence-corrected chi connectivity index (χ1v) is 4.09. The van der Waals surface area contributed by atoms with Crippen LogP contribution < -0.4 is 0 Å². The van der Waals surface area contributed by atoms with E-state index in [2.05, 4.69) is 58.7 Å². The maximum atomic E-state index is 2.20. The van der Waals surface area contributed by atoms with Crippen molar-refractivity contribution in [1.29, 1.82) is 0 Å². The van der Waals surface area contributed by atoms with Gasteiger partial charge in [-0.2, -0.15) is 0 Å². The zero-order valence-electron chi connectivity index (χ0n) is 8.26. The van der Waals surface area contributed by atoms with E-state index in [1.165, 1.54) is 5.70 Å². The van der Waals surface area contributed by atoms with Crippen molar-refractivity contribution in [3.63, 3.8) is 0 Å². The molecule has 0 aliphatic rings. The fourth-order valence-electron chi connectivity index (χ4n) is 0.795. The predicted molar refractivity (Wildman–Crippen MR) is 54.4 cm³/mol. The van der Waals surface area contributed by atoms with Gasteiger partial charge >= 0.3 is 70.2 Å². The van der Waals surface area contributed by atoms with Crippen molar-refractivity contribution in [2.24, 2.45) is 0 Å². The van der Waals surface area contributed by atoms with Gasteiger partial charge < -0.3 is 0 Å². The molecule has 0 spiro atoms. The number of hydrogen-bond donors (Lipinski definition) is 0. The van der Waals surface area contributed by atoms with Crippen molar-refractivity contribution >= 4 is 12.9 Å². The summed E-state index contributed by atoms with van der Waals surface area (Å²) < 4.78 is 0. The van der Waals surface area contributed by atoms with E-state index < -0.39 is 0 Å². The molecule has 11 heavy (non-hydrogen) atoms. The van der Waals surface area contributed by atoms with Gasteiger partial charge in [0.1, 0.15) is 0 Å². The zero-order valence-corrected chi connectivity index (χ0v) is 8.26. The van der Waals surface area contributed by atoms with Crippen LogP contribution >= 0.6 is 0 Å². The van der Waals surface area contributed by atoms with E-state index in [-0.39, 0.29) is 0 Å². The molecule has 0 atom stereocenters. The van der Waals surface area contributed by atoms with Gasteiger partial charge in [0, 0.05) is 0 Å². The zero-order chi connectivity index (χ0) is 8.85. The van der Waals surface area contributed by atoms with Crippen LogP contribution in [-0.4, -0.2) is 31.9 Å². The molecule has 0 saturated heterocycles. The van der Waals surface area contributed by atoms with Crippen molar-refractivity contribution in [1.82, 2.24) is 4.90 Å². The molecule has 0 aromatic heterocycles. The SMILES string of the molecule is C/C=C(\C=BC(C)C)N(C)C. The van der Waals surface area contributed by atoms with Crippen molar-refractivity contribution in [3.05, 3.63) is 11.8 Å². The van der Waals surface area contributed by atoms with Gasteiger partial charge in [-0.15, -0.1) is 0 Å². The maximum absolute atomic E-state index is 2.20. The molecular weight excluding hydrogens is 133 g/mol. The van der Waals surface area contributed by atoms with E-state index in [0.717, 1.165) is 0 Å². The Morgan fingerprint density at radius 3 is 2.18 bits per heavy atom. The molecule has 0 amide bonds. The van der Waals surface area contributed by atoms with Crippen LogP contribution in [0.2, 0.25) is 5.82 Å². The van der Waals surface area contributed by atoms with E-state index in [4.69, 9.17) is 0 Å². The Morgan fingerprint density at radius 2 is 1.91 bits per heavy atom. The molecule has 0 aliphatic heterocycles. The standard InChI is InChI=1S/C9H18BN/c1-6-9(11(4)5)7-10-8(2)3/h6-8H,1-5H3/b9-6+. The molecule has 0 bridgehead atoms. The van der Waals surface area contributed by atoms with E-state index in [1.807, 2.05) is 0 Å². The van der Waals surface area contributed by atoms with Crippen molar-refractivity contribution < 1.29 is 0 Å². The van der Waals surface area contributed by atoms with Crippen LogP contribution in [0.1, 0.15) is 20.8 Å². The van der Waals surface area contributed by atoms with Gasteiger partial charge in [-0.3, -0.25) is 0 Å². The molecule has 0 rings (SSSR count).